The lowest BCUT2D eigenvalue weighted by Gasteiger charge is -2.30. The molecule has 2 atom stereocenters. The van der Waals surface area contributed by atoms with Gasteiger partial charge in [0, 0.05) is 6.42 Å². The van der Waals surface area contributed by atoms with Crippen LogP contribution in [0.25, 0.3) is 0 Å². The first-order valence-electron chi connectivity index (χ1n) is 5.52. The highest BCUT2D eigenvalue weighted by molar-refractivity contribution is 4.90. The maximum Gasteiger partial charge on any atom is 0.0117 e. The fourth-order valence-electron chi connectivity index (χ4n) is 2.30. The van der Waals surface area contributed by atoms with Gasteiger partial charge in [0.2, 0.25) is 0 Å². The molecule has 0 saturated heterocycles. The number of hydrogen-bond acceptors (Lipinski definition) is 1. The van der Waals surface area contributed by atoms with Crippen molar-refractivity contribution in [2.75, 3.05) is 13.1 Å². The quantitative estimate of drug-likeness (QED) is 0.654. The number of nitrogens with one attached hydrogen (secondary N) is 1. The maximum absolute atomic E-state index is 5.38. The van der Waals surface area contributed by atoms with E-state index in [0.717, 1.165) is 24.8 Å². The van der Waals surface area contributed by atoms with Crippen molar-refractivity contribution in [2.45, 2.75) is 39.0 Å². The van der Waals surface area contributed by atoms with Crippen LogP contribution in [-0.2, 0) is 0 Å². The summed E-state index contributed by atoms with van der Waals surface area (Å²) in [4.78, 5) is 0. The fraction of sp³-hybridized carbons (Fsp3) is 0.833. The van der Waals surface area contributed by atoms with Crippen molar-refractivity contribution >= 4 is 0 Å². The minimum absolute atomic E-state index is 0.790. The van der Waals surface area contributed by atoms with Gasteiger partial charge in [-0.1, -0.05) is 19.8 Å². The standard InChI is InChI=1S/C12H21N/c1-3-7-11-8-5-6-9-12(11)10-13-4-2/h1,11-13H,4-10H2,2H3. The van der Waals surface area contributed by atoms with E-state index in [1.807, 2.05) is 0 Å². The van der Waals surface area contributed by atoms with Crippen molar-refractivity contribution in [3.05, 3.63) is 0 Å². The molecule has 1 aliphatic rings. The summed E-state index contributed by atoms with van der Waals surface area (Å²) in [5.41, 5.74) is 0. The molecule has 1 saturated carbocycles. The molecule has 1 aliphatic carbocycles. The minimum atomic E-state index is 0.790. The van der Waals surface area contributed by atoms with Gasteiger partial charge in [0.05, 0.1) is 0 Å². The van der Waals surface area contributed by atoms with Gasteiger partial charge in [-0.3, -0.25) is 0 Å². The lowest BCUT2D eigenvalue weighted by atomic mass is 9.77. The Labute approximate surface area is 82.3 Å². The molecule has 0 aromatic heterocycles. The van der Waals surface area contributed by atoms with E-state index >= 15 is 0 Å². The molecule has 0 heterocycles. The van der Waals surface area contributed by atoms with Gasteiger partial charge >= 0.3 is 0 Å². The predicted octanol–water partition coefficient (Wildman–Crippen LogP) is 2.43. The Morgan fingerprint density at radius 1 is 1.31 bits per heavy atom. The molecule has 1 N–H and O–H groups in total. The molecule has 0 amide bonds. The van der Waals surface area contributed by atoms with E-state index in [4.69, 9.17) is 6.42 Å². The summed E-state index contributed by atoms with van der Waals surface area (Å²) >= 11 is 0. The van der Waals surface area contributed by atoms with Crippen molar-refractivity contribution in [1.29, 1.82) is 0 Å². The summed E-state index contributed by atoms with van der Waals surface area (Å²) in [5, 5.41) is 3.44. The lowest BCUT2D eigenvalue weighted by Crippen LogP contribution is -2.30. The zero-order chi connectivity index (χ0) is 9.52. The van der Waals surface area contributed by atoms with Crippen LogP contribution in [0.4, 0.5) is 0 Å². The normalized spacial score (nSPS) is 28.3. The minimum Gasteiger partial charge on any atom is -0.317 e. The van der Waals surface area contributed by atoms with Gasteiger partial charge < -0.3 is 5.32 Å². The zero-order valence-corrected chi connectivity index (χ0v) is 8.68. The van der Waals surface area contributed by atoms with E-state index in [2.05, 4.69) is 18.2 Å². The van der Waals surface area contributed by atoms with E-state index in [0.29, 0.717) is 0 Å². The molecule has 2 unspecified atom stereocenters. The third kappa shape index (κ3) is 3.40. The van der Waals surface area contributed by atoms with Crippen LogP contribution in [0.1, 0.15) is 39.0 Å². The highest BCUT2D eigenvalue weighted by Crippen LogP contribution is 2.31. The third-order valence-electron chi connectivity index (χ3n) is 3.10. The Bertz CT molecular complexity index is 168. The largest absolute Gasteiger partial charge is 0.317 e. The fourth-order valence-corrected chi connectivity index (χ4v) is 2.30. The third-order valence-corrected chi connectivity index (χ3v) is 3.10. The van der Waals surface area contributed by atoms with Gasteiger partial charge in [-0.2, -0.15) is 0 Å². The number of rotatable bonds is 4. The van der Waals surface area contributed by atoms with Crippen LogP contribution in [-0.4, -0.2) is 13.1 Å². The summed E-state index contributed by atoms with van der Waals surface area (Å²) in [6.45, 7) is 4.42. The van der Waals surface area contributed by atoms with Crippen LogP contribution in [0.2, 0.25) is 0 Å². The molecular formula is C12H21N. The molecule has 0 bridgehead atoms. The monoisotopic (exact) mass is 179 g/mol. The maximum atomic E-state index is 5.38. The van der Waals surface area contributed by atoms with Crippen molar-refractivity contribution in [2.24, 2.45) is 11.8 Å². The summed E-state index contributed by atoms with van der Waals surface area (Å²) in [5.74, 6) is 4.44. The van der Waals surface area contributed by atoms with Crippen molar-refractivity contribution in [1.82, 2.24) is 5.32 Å². The average Bonchev–Trinajstić information content (AvgIpc) is 2.17. The second-order valence-corrected chi connectivity index (χ2v) is 4.02. The zero-order valence-electron chi connectivity index (χ0n) is 8.68. The molecule has 1 nitrogen and oxygen atoms in total. The van der Waals surface area contributed by atoms with Gasteiger partial charge in [-0.25, -0.2) is 0 Å². The Morgan fingerprint density at radius 3 is 2.62 bits per heavy atom. The lowest BCUT2D eigenvalue weighted by molar-refractivity contribution is 0.235. The highest BCUT2D eigenvalue weighted by Gasteiger charge is 2.23. The van der Waals surface area contributed by atoms with Crippen LogP contribution in [0.3, 0.4) is 0 Å². The van der Waals surface area contributed by atoms with E-state index < -0.39 is 0 Å². The molecule has 0 spiro atoms. The Balaban J connectivity index is 2.33. The topological polar surface area (TPSA) is 12.0 Å². The molecule has 13 heavy (non-hydrogen) atoms. The molecule has 0 aromatic rings. The summed E-state index contributed by atoms with van der Waals surface area (Å²) < 4.78 is 0. The number of hydrogen-bond donors (Lipinski definition) is 1. The van der Waals surface area contributed by atoms with Crippen LogP contribution in [0.15, 0.2) is 0 Å². The summed E-state index contributed by atoms with van der Waals surface area (Å²) in [6, 6.07) is 0. The van der Waals surface area contributed by atoms with E-state index in [9.17, 15) is 0 Å². The first-order valence-corrected chi connectivity index (χ1v) is 5.52. The van der Waals surface area contributed by atoms with Gasteiger partial charge in [-0.05, 0) is 37.8 Å². The molecular weight excluding hydrogens is 158 g/mol. The van der Waals surface area contributed by atoms with E-state index in [1.165, 1.54) is 32.2 Å². The Morgan fingerprint density at radius 2 is 2.00 bits per heavy atom. The second-order valence-electron chi connectivity index (χ2n) is 4.02. The van der Waals surface area contributed by atoms with E-state index in [1.54, 1.807) is 0 Å². The van der Waals surface area contributed by atoms with Crippen LogP contribution in [0, 0.1) is 24.2 Å². The molecule has 74 valence electrons. The smallest absolute Gasteiger partial charge is 0.0117 e. The summed E-state index contributed by atoms with van der Waals surface area (Å²) in [6.07, 6.45) is 11.9. The Hall–Kier alpha value is -0.480. The van der Waals surface area contributed by atoms with Crippen molar-refractivity contribution in [3.63, 3.8) is 0 Å². The van der Waals surface area contributed by atoms with Gasteiger partial charge in [0.1, 0.15) is 0 Å². The first-order chi connectivity index (χ1) is 6.38. The molecule has 0 radical (unpaired) electrons. The van der Waals surface area contributed by atoms with Crippen molar-refractivity contribution < 1.29 is 0 Å². The van der Waals surface area contributed by atoms with Crippen LogP contribution in [0.5, 0.6) is 0 Å². The van der Waals surface area contributed by atoms with Gasteiger partial charge in [0.25, 0.3) is 0 Å². The summed E-state index contributed by atoms with van der Waals surface area (Å²) in [7, 11) is 0. The molecule has 1 rings (SSSR count). The predicted molar refractivity (Wildman–Crippen MR) is 57.4 cm³/mol. The Kier molecular flexibility index (Phi) is 4.93. The average molecular weight is 179 g/mol. The van der Waals surface area contributed by atoms with Crippen molar-refractivity contribution in [3.8, 4) is 12.3 Å². The molecule has 0 aromatic carbocycles. The first kappa shape index (κ1) is 10.6. The molecule has 0 aliphatic heterocycles. The van der Waals surface area contributed by atoms with Gasteiger partial charge in [-0.15, -0.1) is 12.3 Å². The highest BCUT2D eigenvalue weighted by atomic mass is 14.8. The SMILES string of the molecule is C#CCC1CCCCC1CNCC. The second kappa shape index (κ2) is 6.05. The molecule has 1 heteroatoms. The molecule has 1 fully saturated rings. The van der Waals surface area contributed by atoms with E-state index in [-0.39, 0.29) is 0 Å². The van der Waals surface area contributed by atoms with Gasteiger partial charge in [0.15, 0.2) is 0 Å². The van der Waals surface area contributed by atoms with Crippen LogP contribution >= 0.6 is 0 Å². The number of terminal acetylenes is 1. The van der Waals surface area contributed by atoms with Crippen LogP contribution < -0.4 is 5.32 Å².